The van der Waals surface area contributed by atoms with Gasteiger partial charge in [-0.2, -0.15) is 13.2 Å². The molecule has 0 unspecified atom stereocenters. The third-order valence-electron chi connectivity index (χ3n) is 6.30. The SMILES string of the molecule is CCCCCC1(C(C)=O)CCC(COCC(C)C)CC1.Cc1ccc(OCC(F)(F)F)cc1. The van der Waals surface area contributed by atoms with Crippen LogP contribution in [0.25, 0.3) is 0 Å². The summed E-state index contributed by atoms with van der Waals surface area (Å²) >= 11 is 0. The Hall–Kier alpha value is -1.56. The van der Waals surface area contributed by atoms with Crippen LogP contribution in [0.15, 0.2) is 24.3 Å². The second-order valence-corrected chi connectivity index (χ2v) is 9.89. The van der Waals surface area contributed by atoms with Crippen LogP contribution in [-0.4, -0.2) is 31.8 Å². The van der Waals surface area contributed by atoms with Crippen LogP contribution in [0.3, 0.4) is 0 Å². The van der Waals surface area contributed by atoms with Gasteiger partial charge in [0, 0.05) is 18.6 Å². The van der Waals surface area contributed by atoms with Crippen molar-refractivity contribution < 1.29 is 27.4 Å². The van der Waals surface area contributed by atoms with E-state index >= 15 is 0 Å². The number of carbonyl (C=O) groups is 1. The molecule has 190 valence electrons. The van der Waals surface area contributed by atoms with E-state index in [-0.39, 0.29) is 11.2 Å². The molecule has 3 nitrogen and oxygen atoms in total. The van der Waals surface area contributed by atoms with Crippen molar-refractivity contribution in [2.45, 2.75) is 92.2 Å². The van der Waals surface area contributed by atoms with E-state index in [2.05, 4.69) is 25.5 Å². The van der Waals surface area contributed by atoms with Crippen LogP contribution >= 0.6 is 0 Å². The van der Waals surface area contributed by atoms with Gasteiger partial charge in [-0.25, -0.2) is 0 Å². The first-order valence-electron chi connectivity index (χ1n) is 12.3. The van der Waals surface area contributed by atoms with E-state index in [9.17, 15) is 18.0 Å². The minimum Gasteiger partial charge on any atom is -0.484 e. The molecule has 1 aromatic carbocycles. The molecular formula is C27H43F3O3. The summed E-state index contributed by atoms with van der Waals surface area (Å²) in [5.74, 6) is 1.95. The highest BCUT2D eigenvalue weighted by molar-refractivity contribution is 5.82. The molecule has 1 saturated carbocycles. The molecule has 33 heavy (non-hydrogen) atoms. The molecule has 1 fully saturated rings. The molecule has 2 rings (SSSR count). The number of benzene rings is 1. The van der Waals surface area contributed by atoms with Crippen LogP contribution in [0.5, 0.6) is 5.75 Å². The number of hydrogen-bond donors (Lipinski definition) is 0. The van der Waals surface area contributed by atoms with Gasteiger partial charge in [0.25, 0.3) is 0 Å². The van der Waals surface area contributed by atoms with E-state index < -0.39 is 12.8 Å². The molecule has 0 bridgehead atoms. The van der Waals surface area contributed by atoms with Gasteiger partial charge in [-0.15, -0.1) is 0 Å². The summed E-state index contributed by atoms with van der Waals surface area (Å²) in [6.07, 6.45) is 5.05. The third-order valence-corrected chi connectivity index (χ3v) is 6.30. The van der Waals surface area contributed by atoms with Gasteiger partial charge in [0.05, 0.1) is 0 Å². The second-order valence-electron chi connectivity index (χ2n) is 9.89. The number of alkyl halides is 3. The molecule has 1 aromatic rings. The highest BCUT2D eigenvalue weighted by atomic mass is 19.4. The maximum Gasteiger partial charge on any atom is 0.422 e. The summed E-state index contributed by atoms with van der Waals surface area (Å²) < 4.78 is 45.4. The van der Waals surface area contributed by atoms with Crippen LogP contribution in [0, 0.1) is 24.2 Å². The number of rotatable bonds is 11. The molecule has 0 aromatic heterocycles. The topological polar surface area (TPSA) is 35.5 Å². The summed E-state index contributed by atoms with van der Waals surface area (Å²) in [6, 6.07) is 6.43. The van der Waals surface area contributed by atoms with Crippen molar-refractivity contribution in [3.63, 3.8) is 0 Å². The molecule has 0 saturated heterocycles. The zero-order valence-corrected chi connectivity index (χ0v) is 21.1. The summed E-state index contributed by atoms with van der Waals surface area (Å²) in [5.41, 5.74) is 0.989. The summed E-state index contributed by atoms with van der Waals surface area (Å²) in [5, 5.41) is 0. The average molecular weight is 473 g/mol. The number of Topliss-reactive ketones (excluding diaryl/α,β-unsaturated/α-hetero) is 1. The Morgan fingerprint density at radius 1 is 1.12 bits per heavy atom. The van der Waals surface area contributed by atoms with E-state index in [0.29, 0.717) is 17.6 Å². The van der Waals surface area contributed by atoms with E-state index in [1.807, 2.05) is 13.8 Å². The van der Waals surface area contributed by atoms with E-state index in [4.69, 9.17) is 4.74 Å². The zero-order valence-electron chi connectivity index (χ0n) is 21.1. The molecule has 0 atom stereocenters. The molecule has 1 aliphatic rings. The monoisotopic (exact) mass is 472 g/mol. The Labute approximate surface area is 198 Å². The van der Waals surface area contributed by atoms with Crippen molar-refractivity contribution in [2.75, 3.05) is 19.8 Å². The molecule has 0 N–H and O–H groups in total. The first-order valence-corrected chi connectivity index (χ1v) is 12.3. The number of carbonyl (C=O) groups excluding carboxylic acids is 1. The van der Waals surface area contributed by atoms with Crippen molar-refractivity contribution in [1.29, 1.82) is 0 Å². The summed E-state index contributed by atoms with van der Waals surface area (Å²) in [6.45, 7) is 10.8. The predicted octanol–water partition coefficient (Wildman–Crippen LogP) is 7.94. The lowest BCUT2D eigenvalue weighted by Crippen LogP contribution is -2.35. The predicted molar refractivity (Wildman–Crippen MR) is 128 cm³/mol. The molecule has 0 aliphatic heterocycles. The molecular weight excluding hydrogens is 429 g/mol. The average Bonchev–Trinajstić information content (AvgIpc) is 2.74. The normalized spacial score (nSPS) is 20.8. The number of halogens is 3. The molecule has 0 radical (unpaired) electrons. The second kappa shape index (κ2) is 14.6. The Morgan fingerprint density at radius 2 is 1.73 bits per heavy atom. The highest BCUT2D eigenvalue weighted by Crippen LogP contribution is 2.43. The standard InChI is InChI=1S/C18H34O2.C9H9F3O/c1-5-6-7-10-18(16(4)19)11-8-17(9-12-18)14-20-13-15(2)3;1-7-2-4-8(5-3-7)13-6-9(10,11)12/h15,17H,5-14H2,1-4H3;2-5H,6H2,1H3. The van der Waals surface area contributed by atoms with Gasteiger partial charge in [-0.1, -0.05) is 57.7 Å². The Bertz CT molecular complexity index is 660. The molecule has 0 spiro atoms. The Morgan fingerprint density at radius 3 is 2.21 bits per heavy atom. The van der Waals surface area contributed by atoms with Crippen molar-refractivity contribution in [3.05, 3.63) is 29.8 Å². The van der Waals surface area contributed by atoms with Crippen molar-refractivity contribution in [1.82, 2.24) is 0 Å². The van der Waals surface area contributed by atoms with Crippen molar-refractivity contribution in [2.24, 2.45) is 17.3 Å². The first kappa shape index (κ1) is 29.5. The lowest BCUT2D eigenvalue weighted by molar-refractivity contribution is -0.153. The van der Waals surface area contributed by atoms with E-state index in [1.165, 1.54) is 44.2 Å². The first-order chi connectivity index (χ1) is 15.5. The Balaban J connectivity index is 0.000000361. The van der Waals surface area contributed by atoms with Crippen molar-refractivity contribution in [3.8, 4) is 5.75 Å². The zero-order chi connectivity index (χ0) is 24.9. The van der Waals surface area contributed by atoms with Gasteiger partial charge in [0.15, 0.2) is 6.61 Å². The quantitative estimate of drug-likeness (QED) is 0.307. The number of ketones is 1. The number of ether oxygens (including phenoxy) is 2. The molecule has 1 aliphatic carbocycles. The molecule has 0 amide bonds. The number of unbranched alkanes of at least 4 members (excludes halogenated alkanes) is 2. The number of hydrogen-bond acceptors (Lipinski definition) is 3. The van der Waals surface area contributed by atoms with Gasteiger partial charge in [-0.3, -0.25) is 4.79 Å². The largest absolute Gasteiger partial charge is 0.484 e. The lowest BCUT2D eigenvalue weighted by Gasteiger charge is -2.38. The smallest absolute Gasteiger partial charge is 0.422 e. The van der Waals surface area contributed by atoms with Gasteiger partial charge in [-0.05, 0) is 69.9 Å². The van der Waals surface area contributed by atoms with Crippen LogP contribution < -0.4 is 4.74 Å². The molecule has 6 heteroatoms. The highest BCUT2D eigenvalue weighted by Gasteiger charge is 2.38. The van der Waals surface area contributed by atoms with Crippen molar-refractivity contribution >= 4 is 5.78 Å². The van der Waals surface area contributed by atoms with Gasteiger partial charge in [0.1, 0.15) is 11.5 Å². The summed E-state index contributed by atoms with van der Waals surface area (Å²) in [4.78, 5) is 12.1. The van der Waals surface area contributed by atoms with E-state index in [0.717, 1.165) is 38.0 Å². The van der Waals surface area contributed by atoms with Crippen LogP contribution in [-0.2, 0) is 9.53 Å². The fourth-order valence-corrected chi connectivity index (χ4v) is 4.16. The third kappa shape index (κ3) is 12.5. The maximum absolute atomic E-state index is 12.1. The maximum atomic E-state index is 12.1. The van der Waals surface area contributed by atoms with Crippen LogP contribution in [0.1, 0.15) is 84.6 Å². The van der Waals surface area contributed by atoms with E-state index in [1.54, 1.807) is 12.1 Å². The minimum absolute atomic E-state index is 0.00369. The fourth-order valence-electron chi connectivity index (χ4n) is 4.16. The summed E-state index contributed by atoms with van der Waals surface area (Å²) in [7, 11) is 0. The lowest BCUT2D eigenvalue weighted by atomic mass is 9.66. The number of aryl methyl sites for hydroxylation is 1. The van der Waals surface area contributed by atoms with Gasteiger partial charge >= 0.3 is 6.18 Å². The van der Waals surface area contributed by atoms with Crippen LogP contribution in [0.2, 0.25) is 0 Å². The van der Waals surface area contributed by atoms with Gasteiger partial charge < -0.3 is 9.47 Å². The van der Waals surface area contributed by atoms with Gasteiger partial charge in [0.2, 0.25) is 0 Å². The minimum atomic E-state index is -4.27. The Kier molecular flexibility index (Phi) is 13.1. The fraction of sp³-hybridized carbons (Fsp3) is 0.741. The molecule has 0 heterocycles. The van der Waals surface area contributed by atoms with Crippen LogP contribution in [0.4, 0.5) is 13.2 Å².